The first-order valence-corrected chi connectivity index (χ1v) is 6.52. The topological polar surface area (TPSA) is 0 Å². The van der Waals surface area contributed by atoms with E-state index in [-0.39, 0.29) is 0 Å². The zero-order valence-corrected chi connectivity index (χ0v) is 11.3. The van der Waals surface area contributed by atoms with Gasteiger partial charge >= 0.3 is 0 Å². The van der Waals surface area contributed by atoms with Gasteiger partial charge in [-0.15, -0.1) is 11.6 Å². The summed E-state index contributed by atoms with van der Waals surface area (Å²) in [5, 5.41) is 1.34. The minimum atomic E-state index is 0.533. The van der Waals surface area contributed by atoms with E-state index in [9.17, 15) is 0 Å². The molecule has 0 amide bonds. The quantitative estimate of drug-likeness (QED) is 0.676. The minimum absolute atomic E-state index is 0.533. The fraction of sp³-hybridized carbons (Fsp3) is 0.143. The molecule has 0 N–H and O–H groups in total. The molecule has 2 aromatic rings. The van der Waals surface area contributed by atoms with Crippen molar-refractivity contribution in [3.63, 3.8) is 0 Å². The summed E-state index contributed by atoms with van der Waals surface area (Å²) < 4.78 is 0. The highest BCUT2D eigenvalue weighted by molar-refractivity contribution is 6.32. The summed E-state index contributed by atoms with van der Waals surface area (Å²) in [4.78, 5) is 0. The van der Waals surface area contributed by atoms with Crippen LogP contribution in [0.3, 0.4) is 0 Å². The fourth-order valence-electron chi connectivity index (χ4n) is 1.77. The molecule has 0 aliphatic rings. The Morgan fingerprint density at radius 3 is 2.65 bits per heavy atom. The van der Waals surface area contributed by atoms with E-state index in [4.69, 9.17) is 34.8 Å². The molecule has 0 aliphatic heterocycles. The SMILES string of the molecule is ClCCc1c(Cl)[c]ccc1-c1cccc(Cl)c1. The van der Waals surface area contributed by atoms with Gasteiger partial charge in [-0.1, -0.05) is 47.5 Å². The van der Waals surface area contributed by atoms with Gasteiger partial charge in [-0.25, -0.2) is 0 Å². The first-order valence-electron chi connectivity index (χ1n) is 5.23. The van der Waals surface area contributed by atoms with Gasteiger partial charge in [0.25, 0.3) is 0 Å². The Morgan fingerprint density at radius 2 is 1.94 bits per heavy atom. The summed E-state index contributed by atoms with van der Waals surface area (Å²) in [5.74, 6) is 0.533. The van der Waals surface area contributed by atoms with E-state index in [1.807, 2.05) is 36.4 Å². The van der Waals surface area contributed by atoms with Crippen LogP contribution in [0.15, 0.2) is 36.4 Å². The normalized spacial score (nSPS) is 10.5. The maximum Gasteiger partial charge on any atom is 0.0523 e. The van der Waals surface area contributed by atoms with Gasteiger partial charge in [0.1, 0.15) is 0 Å². The van der Waals surface area contributed by atoms with Crippen LogP contribution in [0, 0.1) is 6.07 Å². The van der Waals surface area contributed by atoms with Crippen LogP contribution in [-0.4, -0.2) is 5.88 Å². The summed E-state index contributed by atoms with van der Waals surface area (Å²) in [6.45, 7) is 0. The number of alkyl halides is 1. The maximum absolute atomic E-state index is 6.15. The Balaban J connectivity index is 2.54. The first-order chi connectivity index (χ1) is 8.22. The highest BCUT2D eigenvalue weighted by Crippen LogP contribution is 2.30. The predicted octanol–water partition coefficient (Wildman–Crippen LogP) is 5.24. The largest absolute Gasteiger partial charge is 0.126 e. The van der Waals surface area contributed by atoms with Gasteiger partial charge in [-0.05, 0) is 35.2 Å². The second-order valence-corrected chi connectivity index (χ2v) is 4.83. The molecule has 0 aliphatic carbocycles. The standard InChI is InChI=1S/C14H10Cl3/c15-8-7-13-12(5-2-6-14(13)17)10-3-1-4-11(16)9-10/h1-5,9H,7-8H2. The lowest BCUT2D eigenvalue weighted by Gasteiger charge is -2.10. The molecule has 2 aromatic carbocycles. The van der Waals surface area contributed by atoms with E-state index in [1.54, 1.807) is 0 Å². The van der Waals surface area contributed by atoms with Gasteiger partial charge in [0.15, 0.2) is 0 Å². The van der Waals surface area contributed by atoms with Crippen LogP contribution in [0.25, 0.3) is 11.1 Å². The molecule has 0 atom stereocenters. The molecular weight excluding hydrogens is 275 g/mol. The van der Waals surface area contributed by atoms with Crippen LogP contribution in [0.5, 0.6) is 0 Å². The van der Waals surface area contributed by atoms with Crippen molar-refractivity contribution in [2.45, 2.75) is 6.42 Å². The zero-order valence-electron chi connectivity index (χ0n) is 9.01. The van der Waals surface area contributed by atoms with Crippen molar-refractivity contribution >= 4 is 34.8 Å². The molecule has 3 heteroatoms. The third-order valence-electron chi connectivity index (χ3n) is 2.53. The Hall–Kier alpha value is -0.690. The Kier molecular flexibility index (Phi) is 4.33. The molecule has 0 unspecified atom stereocenters. The van der Waals surface area contributed by atoms with Crippen molar-refractivity contribution in [1.82, 2.24) is 0 Å². The van der Waals surface area contributed by atoms with Crippen LogP contribution >= 0.6 is 34.8 Å². The molecule has 0 saturated heterocycles. The third kappa shape index (κ3) is 2.95. The van der Waals surface area contributed by atoms with Crippen molar-refractivity contribution in [3.05, 3.63) is 58.1 Å². The summed E-state index contributed by atoms with van der Waals surface area (Å²) in [5.41, 5.74) is 3.14. The van der Waals surface area contributed by atoms with Crippen LogP contribution in [0.4, 0.5) is 0 Å². The van der Waals surface area contributed by atoms with Crippen molar-refractivity contribution in [2.75, 3.05) is 5.88 Å². The summed E-state index contributed by atoms with van der Waals surface area (Å²) in [7, 11) is 0. The summed E-state index contributed by atoms with van der Waals surface area (Å²) in [6, 6.07) is 14.5. The lowest BCUT2D eigenvalue weighted by molar-refractivity contribution is 1.15. The van der Waals surface area contributed by atoms with Crippen molar-refractivity contribution in [2.24, 2.45) is 0 Å². The molecule has 0 saturated carbocycles. The Bertz CT molecular complexity index is 521. The molecule has 17 heavy (non-hydrogen) atoms. The predicted molar refractivity (Wildman–Crippen MR) is 75.2 cm³/mol. The van der Waals surface area contributed by atoms with Crippen molar-refractivity contribution in [1.29, 1.82) is 0 Å². The van der Waals surface area contributed by atoms with Crippen molar-refractivity contribution < 1.29 is 0 Å². The lowest BCUT2D eigenvalue weighted by atomic mass is 9.98. The van der Waals surface area contributed by atoms with Gasteiger partial charge in [0.2, 0.25) is 0 Å². The van der Waals surface area contributed by atoms with Gasteiger partial charge in [0.05, 0.1) is 5.02 Å². The number of benzene rings is 2. The van der Waals surface area contributed by atoms with E-state index in [1.165, 1.54) is 0 Å². The van der Waals surface area contributed by atoms with Crippen LogP contribution in [0.2, 0.25) is 10.0 Å². The van der Waals surface area contributed by atoms with Crippen LogP contribution in [-0.2, 0) is 6.42 Å². The molecule has 0 bridgehead atoms. The summed E-state index contributed by atoms with van der Waals surface area (Å²) in [6.07, 6.45) is 0.722. The second-order valence-electron chi connectivity index (χ2n) is 3.63. The monoisotopic (exact) mass is 283 g/mol. The van der Waals surface area contributed by atoms with E-state index in [0.717, 1.165) is 23.1 Å². The van der Waals surface area contributed by atoms with Gasteiger partial charge < -0.3 is 0 Å². The molecule has 1 radical (unpaired) electrons. The van der Waals surface area contributed by atoms with Crippen LogP contribution in [0.1, 0.15) is 5.56 Å². The van der Waals surface area contributed by atoms with Gasteiger partial charge in [-0.3, -0.25) is 0 Å². The molecule has 0 spiro atoms. The zero-order chi connectivity index (χ0) is 12.3. The second kappa shape index (κ2) is 5.77. The molecule has 0 nitrogen and oxygen atoms in total. The average Bonchev–Trinajstić information content (AvgIpc) is 2.32. The van der Waals surface area contributed by atoms with E-state index in [0.29, 0.717) is 15.9 Å². The van der Waals surface area contributed by atoms with Crippen LogP contribution < -0.4 is 0 Å². The smallest absolute Gasteiger partial charge is 0.0523 e. The minimum Gasteiger partial charge on any atom is -0.126 e. The Morgan fingerprint density at radius 1 is 1.12 bits per heavy atom. The Labute approximate surface area is 116 Å². The summed E-state index contributed by atoms with van der Waals surface area (Å²) >= 11 is 17.9. The van der Waals surface area contributed by atoms with Crippen molar-refractivity contribution in [3.8, 4) is 11.1 Å². The van der Waals surface area contributed by atoms with E-state index >= 15 is 0 Å². The third-order valence-corrected chi connectivity index (χ3v) is 3.29. The highest BCUT2D eigenvalue weighted by Gasteiger charge is 2.08. The number of halogens is 3. The van der Waals surface area contributed by atoms with Gasteiger partial charge in [0, 0.05) is 17.0 Å². The van der Waals surface area contributed by atoms with Gasteiger partial charge in [-0.2, -0.15) is 0 Å². The fourth-order valence-corrected chi connectivity index (χ4v) is 2.41. The first kappa shape index (κ1) is 12.8. The van der Waals surface area contributed by atoms with E-state index in [2.05, 4.69) is 6.07 Å². The molecular formula is C14H10Cl3. The number of hydrogen-bond donors (Lipinski definition) is 0. The molecule has 0 fully saturated rings. The lowest BCUT2D eigenvalue weighted by Crippen LogP contribution is -1.93. The van der Waals surface area contributed by atoms with E-state index < -0.39 is 0 Å². The molecule has 2 rings (SSSR count). The number of rotatable bonds is 3. The molecule has 87 valence electrons. The number of hydrogen-bond acceptors (Lipinski definition) is 0. The highest BCUT2D eigenvalue weighted by atomic mass is 35.5. The average molecular weight is 285 g/mol. The molecule has 0 heterocycles. The maximum atomic E-state index is 6.15. The molecule has 0 aromatic heterocycles.